The molecule has 1 aliphatic rings. The fourth-order valence-corrected chi connectivity index (χ4v) is 3.21. The van der Waals surface area contributed by atoms with E-state index in [0.717, 1.165) is 18.5 Å². The van der Waals surface area contributed by atoms with Gasteiger partial charge in [-0.3, -0.25) is 9.69 Å². The summed E-state index contributed by atoms with van der Waals surface area (Å²) in [7, 11) is 0. The first kappa shape index (κ1) is 12.2. The van der Waals surface area contributed by atoms with E-state index in [2.05, 4.69) is 0 Å². The Morgan fingerprint density at radius 3 is 2.94 bits per heavy atom. The van der Waals surface area contributed by atoms with Crippen molar-refractivity contribution in [1.82, 2.24) is 4.90 Å². The monoisotopic (exact) mass is 279 g/mol. The van der Waals surface area contributed by atoms with Crippen molar-refractivity contribution in [3.8, 4) is 0 Å². The molecular formula is C10H11Cl2NO2S. The van der Waals surface area contributed by atoms with E-state index in [1.54, 1.807) is 0 Å². The second-order valence-corrected chi connectivity index (χ2v) is 5.68. The van der Waals surface area contributed by atoms with Gasteiger partial charge >= 0.3 is 5.97 Å². The second-order valence-electron chi connectivity index (χ2n) is 3.82. The van der Waals surface area contributed by atoms with E-state index in [1.165, 1.54) is 11.3 Å². The van der Waals surface area contributed by atoms with Crippen molar-refractivity contribution in [2.24, 2.45) is 0 Å². The van der Waals surface area contributed by atoms with Gasteiger partial charge in [-0.1, -0.05) is 23.2 Å². The largest absolute Gasteiger partial charge is 0.480 e. The van der Waals surface area contributed by atoms with Crippen LogP contribution in [0.1, 0.15) is 18.4 Å². The number of rotatable bonds is 3. The Labute approximate surface area is 108 Å². The summed E-state index contributed by atoms with van der Waals surface area (Å²) < 4.78 is 0.572. The molecule has 0 amide bonds. The predicted molar refractivity (Wildman–Crippen MR) is 65.4 cm³/mol. The van der Waals surface area contributed by atoms with Gasteiger partial charge in [0.05, 0.1) is 5.02 Å². The third-order valence-electron chi connectivity index (χ3n) is 2.78. The first-order valence-corrected chi connectivity index (χ1v) is 6.61. The van der Waals surface area contributed by atoms with E-state index in [1.807, 2.05) is 10.3 Å². The third kappa shape index (κ3) is 2.35. The summed E-state index contributed by atoms with van der Waals surface area (Å²) in [6.45, 7) is 1.37. The minimum Gasteiger partial charge on any atom is -0.480 e. The zero-order valence-electron chi connectivity index (χ0n) is 8.45. The van der Waals surface area contributed by atoms with Gasteiger partial charge in [-0.25, -0.2) is 0 Å². The maximum Gasteiger partial charge on any atom is 0.320 e. The van der Waals surface area contributed by atoms with E-state index in [-0.39, 0.29) is 6.04 Å². The van der Waals surface area contributed by atoms with Crippen LogP contribution in [0.2, 0.25) is 9.36 Å². The Balaban J connectivity index is 2.09. The molecular weight excluding hydrogens is 269 g/mol. The number of likely N-dealkylation sites (tertiary alicyclic amines) is 1. The lowest BCUT2D eigenvalue weighted by atomic mass is 10.2. The van der Waals surface area contributed by atoms with E-state index >= 15 is 0 Å². The molecule has 0 unspecified atom stereocenters. The molecule has 2 rings (SSSR count). The van der Waals surface area contributed by atoms with Crippen LogP contribution >= 0.6 is 34.5 Å². The Morgan fingerprint density at radius 2 is 2.38 bits per heavy atom. The summed E-state index contributed by atoms with van der Waals surface area (Å²) in [6.07, 6.45) is 1.64. The number of carbonyl (C=O) groups is 1. The predicted octanol–water partition coefficient (Wildman–Crippen LogP) is 3.10. The van der Waals surface area contributed by atoms with Gasteiger partial charge in [-0.15, -0.1) is 11.3 Å². The van der Waals surface area contributed by atoms with Crippen LogP contribution in [0.15, 0.2) is 5.38 Å². The molecule has 16 heavy (non-hydrogen) atoms. The van der Waals surface area contributed by atoms with E-state index in [0.29, 0.717) is 22.3 Å². The van der Waals surface area contributed by atoms with Gasteiger partial charge in [0.25, 0.3) is 0 Å². The van der Waals surface area contributed by atoms with Crippen molar-refractivity contribution in [2.75, 3.05) is 6.54 Å². The topological polar surface area (TPSA) is 40.5 Å². The Hall–Kier alpha value is -0.290. The Bertz CT molecular complexity index is 408. The van der Waals surface area contributed by atoms with Crippen molar-refractivity contribution < 1.29 is 9.90 Å². The van der Waals surface area contributed by atoms with E-state index in [9.17, 15) is 4.79 Å². The lowest BCUT2D eigenvalue weighted by Gasteiger charge is -2.20. The Kier molecular flexibility index (Phi) is 3.74. The smallest absolute Gasteiger partial charge is 0.320 e. The molecule has 1 aliphatic heterocycles. The first-order chi connectivity index (χ1) is 7.59. The van der Waals surface area contributed by atoms with Crippen molar-refractivity contribution in [2.45, 2.75) is 25.4 Å². The third-order valence-corrected chi connectivity index (χ3v) is 4.69. The van der Waals surface area contributed by atoms with Crippen LogP contribution < -0.4 is 0 Å². The molecule has 2 heterocycles. The van der Waals surface area contributed by atoms with Crippen LogP contribution in [0.25, 0.3) is 0 Å². The van der Waals surface area contributed by atoms with Gasteiger partial charge in [0.1, 0.15) is 10.4 Å². The van der Waals surface area contributed by atoms with Gasteiger partial charge in [0.2, 0.25) is 0 Å². The lowest BCUT2D eigenvalue weighted by Crippen LogP contribution is -2.35. The zero-order valence-corrected chi connectivity index (χ0v) is 10.8. The molecule has 1 saturated heterocycles. The molecule has 0 aliphatic carbocycles. The van der Waals surface area contributed by atoms with Crippen LogP contribution in [-0.2, 0) is 11.3 Å². The highest BCUT2D eigenvalue weighted by Crippen LogP contribution is 2.34. The number of thiophene rings is 1. The SMILES string of the molecule is O=C(O)[C@@H]1CCCN1Cc1csc(Cl)c1Cl. The summed E-state index contributed by atoms with van der Waals surface area (Å²) in [4.78, 5) is 12.9. The summed E-state index contributed by atoms with van der Waals surface area (Å²) in [6, 6.07) is -0.380. The molecule has 3 nitrogen and oxygen atoms in total. The molecule has 1 fully saturated rings. The fourth-order valence-electron chi connectivity index (χ4n) is 1.97. The van der Waals surface area contributed by atoms with Crippen LogP contribution in [0.3, 0.4) is 0 Å². The molecule has 1 N–H and O–H groups in total. The normalized spacial score (nSPS) is 21.5. The summed E-state index contributed by atoms with van der Waals surface area (Å²) in [5, 5.41) is 11.5. The minimum atomic E-state index is -0.755. The fraction of sp³-hybridized carbons (Fsp3) is 0.500. The average Bonchev–Trinajstić information content (AvgIpc) is 2.80. The molecule has 88 valence electrons. The molecule has 0 aromatic carbocycles. The minimum absolute atomic E-state index is 0.380. The van der Waals surface area contributed by atoms with Gasteiger partial charge in [0, 0.05) is 6.54 Å². The van der Waals surface area contributed by atoms with Gasteiger partial charge in [-0.05, 0) is 30.3 Å². The van der Waals surface area contributed by atoms with Crippen LogP contribution in [0.5, 0.6) is 0 Å². The number of carboxylic acids is 1. The summed E-state index contributed by atoms with van der Waals surface area (Å²) in [5.41, 5.74) is 0.921. The van der Waals surface area contributed by atoms with Crippen molar-refractivity contribution >= 4 is 40.5 Å². The maximum absolute atomic E-state index is 11.0. The molecule has 6 heteroatoms. The highest BCUT2D eigenvalue weighted by atomic mass is 35.5. The molecule has 1 aromatic heterocycles. The number of hydrogen-bond acceptors (Lipinski definition) is 3. The average molecular weight is 280 g/mol. The van der Waals surface area contributed by atoms with E-state index in [4.69, 9.17) is 28.3 Å². The maximum atomic E-state index is 11.0. The standard InChI is InChI=1S/C10H11Cl2NO2S/c11-8-6(5-16-9(8)12)4-13-3-1-2-7(13)10(14)15/h5,7H,1-4H2,(H,14,15)/t7-/m0/s1. The lowest BCUT2D eigenvalue weighted by molar-refractivity contribution is -0.142. The number of nitrogens with zero attached hydrogens (tertiary/aromatic N) is 1. The molecule has 0 spiro atoms. The van der Waals surface area contributed by atoms with Gasteiger partial charge in [-0.2, -0.15) is 0 Å². The number of aliphatic carboxylic acids is 1. The summed E-state index contributed by atoms with van der Waals surface area (Å²) in [5.74, 6) is -0.755. The zero-order chi connectivity index (χ0) is 11.7. The molecule has 1 atom stereocenters. The van der Waals surface area contributed by atoms with Crippen LogP contribution in [0.4, 0.5) is 0 Å². The van der Waals surface area contributed by atoms with Gasteiger partial charge in [0.15, 0.2) is 0 Å². The highest BCUT2D eigenvalue weighted by Gasteiger charge is 2.30. The molecule has 0 radical (unpaired) electrons. The van der Waals surface area contributed by atoms with Crippen LogP contribution in [0, 0.1) is 0 Å². The number of hydrogen-bond donors (Lipinski definition) is 1. The second kappa shape index (κ2) is 4.92. The summed E-state index contributed by atoms with van der Waals surface area (Å²) >= 11 is 13.3. The first-order valence-electron chi connectivity index (χ1n) is 4.98. The molecule has 0 saturated carbocycles. The Morgan fingerprint density at radius 1 is 1.62 bits per heavy atom. The van der Waals surface area contributed by atoms with E-state index < -0.39 is 5.97 Å². The van der Waals surface area contributed by atoms with Crippen molar-refractivity contribution in [1.29, 1.82) is 0 Å². The highest BCUT2D eigenvalue weighted by molar-refractivity contribution is 7.15. The number of carboxylic acid groups (broad SMARTS) is 1. The molecule has 0 bridgehead atoms. The van der Waals surface area contributed by atoms with Crippen molar-refractivity contribution in [3.05, 3.63) is 20.3 Å². The quantitative estimate of drug-likeness (QED) is 0.924. The molecule has 1 aromatic rings. The van der Waals surface area contributed by atoms with Crippen molar-refractivity contribution in [3.63, 3.8) is 0 Å². The van der Waals surface area contributed by atoms with Gasteiger partial charge < -0.3 is 5.11 Å². The van der Waals surface area contributed by atoms with Crippen LogP contribution in [-0.4, -0.2) is 28.6 Å². The number of halogens is 2.